The lowest BCUT2D eigenvalue weighted by atomic mass is 9.88. The molecule has 0 spiro atoms. The van der Waals surface area contributed by atoms with Gasteiger partial charge in [0.2, 0.25) is 0 Å². The Labute approximate surface area is 120 Å². The van der Waals surface area contributed by atoms with Gasteiger partial charge in [-0.1, -0.05) is 24.3 Å². The first kappa shape index (κ1) is 14.3. The van der Waals surface area contributed by atoms with Gasteiger partial charge in [-0.05, 0) is 49.0 Å². The molecule has 0 bridgehead atoms. The van der Waals surface area contributed by atoms with Crippen molar-refractivity contribution in [1.29, 1.82) is 0 Å². The minimum atomic E-state index is 0.354. The van der Waals surface area contributed by atoms with Crippen LogP contribution in [0.3, 0.4) is 0 Å². The number of nitrogens with one attached hydrogen (secondary N) is 2. The third kappa shape index (κ3) is 4.18. The lowest BCUT2D eigenvalue weighted by Crippen LogP contribution is -2.39. The monoisotopic (exact) mass is 278 g/mol. The molecule has 104 valence electrons. The minimum absolute atomic E-state index is 0.354. The molecule has 0 aliphatic heterocycles. The van der Waals surface area contributed by atoms with Crippen molar-refractivity contribution in [2.24, 2.45) is 0 Å². The van der Waals surface area contributed by atoms with Gasteiger partial charge in [-0.3, -0.25) is 0 Å². The summed E-state index contributed by atoms with van der Waals surface area (Å²) in [6.07, 6.45) is 4.53. The second kappa shape index (κ2) is 7.46. The molecule has 0 fully saturated rings. The predicted octanol–water partition coefficient (Wildman–Crippen LogP) is 2.56. The summed E-state index contributed by atoms with van der Waals surface area (Å²) >= 11 is 5.35. The van der Waals surface area contributed by atoms with E-state index in [-0.39, 0.29) is 0 Å². The fraction of sp³-hybridized carbons (Fsp3) is 0.533. The Hall–Kier alpha value is -1.13. The highest BCUT2D eigenvalue weighted by molar-refractivity contribution is 7.80. The fourth-order valence-corrected chi connectivity index (χ4v) is 2.78. The summed E-state index contributed by atoms with van der Waals surface area (Å²) in [5, 5.41) is 7.42. The summed E-state index contributed by atoms with van der Waals surface area (Å²) in [6, 6.07) is 9.00. The van der Waals surface area contributed by atoms with E-state index in [0.717, 1.165) is 31.1 Å². The van der Waals surface area contributed by atoms with Crippen LogP contribution in [-0.2, 0) is 11.2 Å². The predicted molar refractivity (Wildman–Crippen MR) is 82.4 cm³/mol. The molecular weight excluding hydrogens is 256 g/mol. The average molecular weight is 278 g/mol. The zero-order valence-corrected chi connectivity index (χ0v) is 12.3. The number of fused-ring (bicyclic) bond motifs is 1. The third-order valence-corrected chi connectivity index (χ3v) is 3.75. The molecule has 1 aliphatic carbocycles. The van der Waals surface area contributed by atoms with Crippen LogP contribution < -0.4 is 10.6 Å². The molecular formula is C15H22N2OS. The van der Waals surface area contributed by atoms with Crippen molar-refractivity contribution < 1.29 is 4.74 Å². The van der Waals surface area contributed by atoms with Gasteiger partial charge in [0.15, 0.2) is 5.11 Å². The summed E-state index contributed by atoms with van der Waals surface area (Å²) < 4.78 is 5.02. The Morgan fingerprint density at radius 1 is 1.42 bits per heavy atom. The molecule has 0 saturated heterocycles. The number of benzene rings is 1. The van der Waals surface area contributed by atoms with Gasteiger partial charge in [0.05, 0.1) is 6.04 Å². The zero-order chi connectivity index (χ0) is 13.5. The number of aryl methyl sites for hydroxylation is 1. The van der Waals surface area contributed by atoms with Crippen LogP contribution in [0.2, 0.25) is 0 Å². The highest BCUT2D eigenvalue weighted by Crippen LogP contribution is 2.29. The lowest BCUT2D eigenvalue weighted by Gasteiger charge is -2.27. The minimum Gasteiger partial charge on any atom is -0.385 e. The Morgan fingerprint density at radius 3 is 3.11 bits per heavy atom. The number of thiocarbonyl (C=S) groups is 1. The molecule has 4 heteroatoms. The van der Waals surface area contributed by atoms with Crippen LogP contribution in [0.25, 0.3) is 0 Å². The SMILES string of the molecule is COCCCNC(=S)NC1CCCc2ccccc21. The first-order valence-corrected chi connectivity index (χ1v) is 7.33. The van der Waals surface area contributed by atoms with Gasteiger partial charge in [0.25, 0.3) is 0 Å². The van der Waals surface area contributed by atoms with Gasteiger partial charge in [0, 0.05) is 20.3 Å². The van der Waals surface area contributed by atoms with Crippen molar-refractivity contribution in [2.75, 3.05) is 20.3 Å². The van der Waals surface area contributed by atoms with Gasteiger partial charge in [-0.25, -0.2) is 0 Å². The van der Waals surface area contributed by atoms with E-state index >= 15 is 0 Å². The maximum Gasteiger partial charge on any atom is 0.166 e. The number of hydrogen-bond acceptors (Lipinski definition) is 2. The number of ether oxygens (including phenoxy) is 1. The molecule has 0 amide bonds. The Kier molecular flexibility index (Phi) is 5.61. The first-order valence-electron chi connectivity index (χ1n) is 6.92. The van der Waals surface area contributed by atoms with Crippen molar-refractivity contribution in [3.05, 3.63) is 35.4 Å². The van der Waals surface area contributed by atoms with Crippen LogP contribution >= 0.6 is 12.2 Å². The van der Waals surface area contributed by atoms with E-state index in [9.17, 15) is 0 Å². The maximum absolute atomic E-state index is 5.35. The zero-order valence-electron chi connectivity index (χ0n) is 11.4. The largest absolute Gasteiger partial charge is 0.385 e. The molecule has 1 aromatic rings. The van der Waals surface area contributed by atoms with E-state index in [1.165, 1.54) is 24.0 Å². The summed E-state index contributed by atoms with van der Waals surface area (Å²) in [5.41, 5.74) is 2.85. The molecule has 0 radical (unpaired) electrons. The average Bonchev–Trinajstić information content (AvgIpc) is 2.44. The summed E-state index contributed by atoms with van der Waals surface area (Å²) in [5.74, 6) is 0. The van der Waals surface area contributed by atoms with Crippen LogP contribution in [0.5, 0.6) is 0 Å². The molecule has 3 nitrogen and oxygen atoms in total. The fourth-order valence-electron chi connectivity index (χ4n) is 2.53. The second-order valence-electron chi connectivity index (χ2n) is 4.89. The first-order chi connectivity index (χ1) is 9.31. The Bertz CT molecular complexity index is 422. The van der Waals surface area contributed by atoms with Crippen molar-refractivity contribution in [3.8, 4) is 0 Å². The summed E-state index contributed by atoms with van der Waals surface area (Å²) in [4.78, 5) is 0. The van der Waals surface area contributed by atoms with Crippen molar-refractivity contribution >= 4 is 17.3 Å². The summed E-state index contributed by atoms with van der Waals surface area (Å²) in [6.45, 7) is 1.62. The van der Waals surface area contributed by atoms with Gasteiger partial charge in [-0.2, -0.15) is 0 Å². The van der Waals surface area contributed by atoms with Crippen LogP contribution in [0.15, 0.2) is 24.3 Å². The normalized spacial score (nSPS) is 17.6. The Morgan fingerprint density at radius 2 is 2.26 bits per heavy atom. The maximum atomic E-state index is 5.35. The van der Waals surface area contributed by atoms with E-state index in [0.29, 0.717) is 6.04 Å². The van der Waals surface area contributed by atoms with Crippen molar-refractivity contribution in [3.63, 3.8) is 0 Å². The van der Waals surface area contributed by atoms with Crippen LogP contribution in [0.4, 0.5) is 0 Å². The van der Waals surface area contributed by atoms with Crippen molar-refractivity contribution in [2.45, 2.75) is 31.7 Å². The topological polar surface area (TPSA) is 33.3 Å². The number of rotatable bonds is 5. The van der Waals surface area contributed by atoms with Gasteiger partial charge in [0.1, 0.15) is 0 Å². The second-order valence-corrected chi connectivity index (χ2v) is 5.30. The molecule has 0 heterocycles. The quantitative estimate of drug-likeness (QED) is 0.641. The Balaban J connectivity index is 1.85. The third-order valence-electron chi connectivity index (χ3n) is 3.49. The molecule has 19 heavy (non-hydrogen) atoms. The molecule has 0 saturated carbocycles. The van der Waals surface area contributed by atoms with Gasteiger partial charge in [-0.15, -0.1) is 0 Å². The molecule has 1 unspecified atom stereocenters. The van der Waals surface area contributed by atoms with E-state index in [2.05, 4.69) is 34.9 Å². The van der Waals surface area contributed by atoms with E-state index < -0.39 is 0 Å². The standard InChI is InChI=1S/C15H22N2OS/c1-18-11-5-10-16-15(19)17-14-9-4-7-12-6-2-3-8-13(12)14/h2-3,6,8,14H,4-5,7,9-11H2,1H3,(H2,16,17,19). The molecule has 0 aromatic heterocycles. The smallest absolute Gasteiger partial charge is 0.166 e. The highest BCUT2D eigenvalue weighted by atomic mass is 32.1. The molecule has 2 rings (SSSR count). The molecule has 2 N–H and O–H groups in total. The van der Waals surface area contributed by atoms with Crippen LogP contribution in [0.1, 0.15) is 36.4 Å². The van der Waals surface area contributed by atoms with Gasteiger partial charge >= 0.3 is 0 Å². The molecule has 1 aliphatic rings. The van der Waals surface area contributed by atoms with Crippen molar-refractivity contribution in [1.82, 2.24) is 10.6 Å². The number of hydrogen-bond donors (Lipinski definition) is 2. The lowest BCUT2D eigenvalue weighted by molar-refractivity contribution is 0.195. The highest BCUT2D eigenvalue weighted by Gasteiger charge is 2.19. The van der Waals surface area contributed by atoms with E-state index in [1.54, 1.807) is 7.11 Å². The van der Waals surface area contributed by atoms with Crippen LogP contribution in [0, 0.1) is 0 Å². The van der Waals surface area contributed by atoms with E-state index in [4.69, 9.17) is 17.0 Å². The van der Waals surface area contributed by atoms with Gasteiger partial charge < -0.3 is 15.4 Å². The molecule has 1 aromatic carbocycles. The summed E-state index contributed by atoms with van der Waals surface area (Å²) in [7, 11) is 1.72. The number of methoxy groups -OCH3 is 1. The van der Waals surface area contributed by atoms with Crippen LogP contribution in [-0.4, -0.2) is 25.4 Å². The molecule has 1 atom stereocenters. The van der Waals surface area contributed by atoms with E-state index in [1.807, 2.05) is 0 Å².